The van der Waals surface area contributed by atoms with E-state index in [1.165, 1.54) is 51.4 Å². The average molecular weight is 759 g/mol. The number of ether oxygens (including phenoxy) is 4. The minimum absolute atomic E-state index is 0.0199. The highest BCUT2D eigenvalue weighted by Crippen LogP contribution is 2.12. The maximum Gasteiger partial charge on any atom is 0.326 e. The van der Waals surface area contributed by atoms with Gasteiger partial charge in [0.05, 0.1) is 52.9 Å². The summed E-state index contributed by atoms with van der Waals surface area (Å²) in [6.07, 6.45) is 16.0. The van der Waals surface area contributed by atoms with Gasteiger partial charge in [0, 0.05) is 45.3 Å². The Morgan fingerprint density at radius 2 is 0.943 bits per heavy atom. The Kier molecular flexibility index (Phi) is 35.5. The lowest BCUT2D eigenvalue weighted by Gasteiger charge is -2.14. The Balaban J connectivity index is 3.59. The number of amides is 4. The first-order valence-corrected chi connectivity index (χ1v) is 20.3. The van der Waals surface area contributed by atoms with Crippen LogP contribution < -0.4 is 21.3 Å². The highest BCUT2D eigenvalue weighted by Gasteiger charge is 2.19. The molecule has 0 aromatic rings. The summed E-state index contributed by atoms with van der Waals surface area (Å²) in [5.41, 5.74) is 0. The molecule has 0 bridgehead atoms. The zero-order valence-corrected chi connectivity index (χ0v) is 33.3. The van der Waals surface area contributed by atoms with Crippen LogP contribution in [0.3, 0.4) is 0 Å². The zero-order chi connectivity index (χ0) is 39.2. The first-order chi connectivity index (χ1) is 25.6. The van der Waals surface area contributed by atoms with E-state index in [0.29, 0.717) is 97.3 Å². The van der Waals surface area contributed by atoms with Crippen molar-refractivity contribution in [3.63, 3.8) is 0 Å². The molecular weight excluding hydrogens is 684 g/mol. The topological polar surface area (TPSA) is 191 Å². The van der Waals surface area contributed by atoms with Crippen molar-refractivity contribution in [2.45, 2.75) is 142 Å². The summed E-state index contributed by atoms with van der Waals surface area (Å²) in [7, 11) is 0. The van der Waals surface area contributed by atoms with Crippen LogP contribution in [-0.2, 0) is 42.9 Å². The van der Waals surface area contributed by atoms with Gasteiger partial charge in [-0.15, -0.1) is 0 Å². The number of aliphatic carboxylic acids is 1. The van der Waals surface area contributed by atoms with Crippen LogP contribution in [0, 0.1) is 5.92 Å². The molecule has 0 rings (SSSR count). The molecule has 0 saturated carbocycles. The lowest BCUT2D eigenvalue weighted by atomic mass is 10.0. The molecule has 0 aromatic heterocycles. The van der Waals surface area contributed by atoms with Gasteiger partial charge in [-0.05, 0) is 31.6 Å². The minimum atomic E-state index is -1.04. The Labute approximate surface area is 319 Å². The predicted molar refractivity (Wildman–Crippen MR) is 205 cm³/mol. The van der Waals surface area contributed by atoms with Crippen molar-refractivity contribution >= 4 is 29.6 Å². The lowest BCUT2D eigenvalue weighted by molar-refractivity contribution is -0.142. The number of carboxylic acid groups (broad SMARTS) is 1. The number of carbonyl (C=O) groups is 5. The van der Waals surface area contributed by atoms with Crippen LogP contribution >= 0.6 is 0 Å². The Morgan fingerprint density at radius 1 is 0.491 bits per heavy atom. The van der Waals surface area contributed by atoms with Gasteiger partial charge in [-0.25, -0.2) is 4.79 Å². The van der Waals surface area contributed by atoms with Gasteiger partial charge >= 0.3 is 5.97 Å². The minimum Gasteiger partial charge on any atom is -0.480 e. The molecule has 14 nitrogen and oxygen atoms in total. The van der Waals surface area contributed by atoms with Crippen LogP contribution in [0.4, 0.5) is 0 Å². The van der Waals surface area contributed by atoms with Crippen LogP contribution in [0.5, 0.6) is 0 Å². The smallest absolute Gasteiger partial charge is 0.326 e. The van der Waals surface area contributed by atoms with Crippen molar-refractivity contribution < 1.29 is 48.0 Å². The Bertz CT molecular complexity index is 938. The lowest BCUT2D eigenvalue weighted by Crippen LogP contribution is -2.40. The standard InChI is InChI=1S/C39H74N4O10/c1-4-5-6-7-8-9-10-11-12-13-14-18-37(46)43-34(39(48)49)17-15-16-21-40-35(44)19-24-50-28-30-52-26-22-41-36(45)20-25-51-29-31-53-27-23-42-38(47)32-33(2)3/h33-34H,4-32H2,1-3H3,(H,40,44)(H,41,45)(H,42,47)(H,43,46)(H,48,49). The molecule has 0 heterocycles. The van der Waals surface area contributed by atoms with Gasteiger partial charge in [-0.3, -0.25) is 19.2 Å². The number of nitrogens with one attached hydrogen (secondary N) is 4. The van der Waals surface area contributed by atoms with Crippen LogP contribution in [0.15, 0.2) is 0 Å². The van der Waals surface area contributed by atoms with Gasteiger partial charge in [0.15, 0.2) is 0 Å². The van der Waals surface area contributed by atoms with Gasteiger partial charge in [0.2, 0.25) is 23.6 Å². The van der Waals surface area contributed by atoms with Crippen LogP contribution in [0.1, 0.15) is 136 Å². The maximum atomic E-state index is 12.3. The van der Waals surface area contributed by atoms with Crippen molar-refractivity contribution in [3.8, 4) is 0 Å². The van der Waals surface area contributed by atoms with E-state index in [-0.39, 0.29) is 49.7 Å². The first-order valence-electron chi connectivity index (χ1n) is 20.3. The fourth-order valence-electron chi connectivity index (χ4n) is 5.29. The van der Waals surface area contributed by atoms with Crippen molar-refractivity contribution in [1.29, 1.82) is 0 Å². The number of carbonyl (C=O) groups excluding carboxylic acids is 4. The van der Waals surface area contributed by atoms with E-state index in [4.69, 9.17) is 18.9 Å². The Hall–Kier alpha value is -2.81. The number of carboxylic acids is 1. The molecule has 0 fully saturated rings. The molecule has 53 heavy (non-hydrogen) atoms. The van der Waals surface area contributed by atoms with Gasteiger partial charge in [-0.1, -0.05) is 85.0 Å². The molecule has 0 radical (unpaired) electrons. The molecule has 0 aliphatic rings. The average Bonchev–Trinajstić information content (AvgIpc) is 3.11. The van der Waals surface area contributed by atoms with E-state index in [1.807, 2.05) is 13.8 Å². The fraction of sp³-hybridized carbons (Fsp3) is 0.872. The van der Waals surface area contributed by atoms with Crippen molar-refractivity contribution in [2.24, 2.45) is 5.92 Å². The third-order valence-electron chi connectivity index (χ3n) is 8.30. The number of rotatable bonds is 39. The molecule has 5 N–H and O–H groups in total. The van der Waals surface area contributed by atoms with Gasteiger partial charge < -0.3 is 45.3 Å². The number of hydrogen-bond donors (Lipinski definition) is 5. The molecule has 0 aliphatic heterocycles. The number of unbranched alkanes of at least 4 members (excludes halogenated alkanes) is 11. The second-order valence-electron chi connectivity index (χ2n) is 13.8. The third kappa shape index (κ3) is 37.3. The normalized spacial score (nSPS) is 11.7. The molecular formula is C39H74N4O10. The van der Waals surface area contributed by atoms with Gasteiger partial charge in [-0.2, -0.15) is 0 Å². The van der Waals surface area contributed by atoms with E-state index in [2.05, 4.69) is 28.2 Å². The molecule has 0 saturated heterocycles. The SMILES string of the molecule is CCCCCCCCCCCCCC(=O)NC(CCCCNC(=O)CCOCCOCCNC(=O)CCOCCOCCNC(=O)CC(C)C)C(=O)O. The molecule has 310 valence electrons. The van der Waals surface area contributed by atoms with E-state index < -0.39 is 12.0 Å². The summed E-state index contributed by atoms with van der Waals surface area (Å²) < 4.78 is 21.7. The highest BCUT2D eigenvalue weighted by molar-refractivity contribution is 5.83. The summed E-state index contributed by atoms with van der Waals surface area (Å²) in [6, 6.07) is -0.915. The predicted octanol–water partition coefficient (Wildman–Crippen LogP) is 4.67. The van der Waals surface area contributed by atoms with Crippen molar-refractivity contribution in [2.75, 3.05) is 72.5 Å². The number of hydrogen-bond acceptors (Lipinski definition) is 9. The molecule has 1 atom stereocenters. The molecule has 4 amide bonds. The summed E-state index contributed by atoms with van der Waals surface area (Å²) in [4.78, 5) is 59.3. The third-order valence-corrected chi connectivity index (χ3v) is 8.30. The van der Waals surface area contributed by atoms with E-state index in [9.17, 15) is 29.1 Å². The monoisotopic (exact) mass is 759 g/mol. The summed E-state index contributed by atoms with van der Waals surface area (Å²) >= 11 is 0. The van der Waals surface area contributed by atoms with Crippen LogP contribution in [0.2, 0.25) is 0 Å². The summed E-state index contributed by atoms with van der Waals surface area (Å²) in [5, 5.41) is 20.5. The quantitative estimate of drug-likeness (QED) is 0.0551. The van der Waals surface area contributed by atoms with E-state index >= 15 is 0 Å². The molecule has 0 aliphatic carbocycles. The zero-order valence-electron chi connectivity index (χ0n) is 33.3. The summed E-state index contributed by atoms with van der Waals surface area (Å²) in [6.45, 7) is 10.2. The van der Waals surface area contributed by atoms with E-state index in [1.54, 1.807) is 0 Å². The second-order valence-corrected chi connectivity index (χ2v) is 13.8. The molecule has 0 spiro atoms. The van der Waals surface area contributed by atoms with Gasteiger partial charge in [0.1, 0.15) is 6.04 Å². The highest BCUT2D eigenvalue weighted by atomic mass is 16.5. The van der Waals surface area contributed by atoms with E-state index in [0.717, 1.165) is 19.3 Å². The maximum absolute atomic E-state index is 12.3. The van der Waals surface area contributed by atoms with Crippen molar-refractivity contribution in [1.82, 2.24) is 21.3 Å². The van der Waals surface area contributed by atoms with Gasteiger partial charge in [0.25, 0.3) is 0 Å². The molecule has 14 heteroatoms. The largest absolute Gasteiger partial charge is 0.480 e. The second kappa shape index (κ2) is 37.5. The molecule has 0 aromatic carbocycles. The summed E-state index contributed by atoms with van der Waals surface area (Å²) in [5.74, 6) is -1.20. The van der Waals surface area contributed by atoms with Crippen LogP contribution in [0.25, 0.3) is 0 Å². The fourth-order valence-corrected chi connectivity index (χ4v) is 5.29. The van der Waals surface area contributed by atoms with Crippen LogP contribution in [-0.4, -0.2) is 113 Å². The first kappa shape index (κ1) is 50.2. The molecule has 1 unspecified atom stereocenters. The van der Waals surface area contributed by atoms with Crippen molar-refractivity contribution in [3.05, 3.63) is 0 Å². The Morgan fingerprint density at radius 3 is 1.43 bits per heavy atom.